The Morgan fingerprint density at radius 1 is 1.35 bits per heavy atom. The second kappa shape index (κ2) is 5.38. The highest BCUT2D eigenvalue weighted by Gasteiger charge is 2.19. The first-order chi connectivity index (χ1) is 9.38. The Labute approximate surface area is 119 Å². The van der Waals surface area contributed by atoms with E-state index in [1.165, 1.54) is 23.5 Å². The molecule has 1 aromatic heterocycles. The van der Waals surface area contributed by atoms with Gasteiger partial charge in [0.2, 0.25) is 0 Å². The van der Waals surface area contributed by atoms with Crippen molar-refractivity contribution in [3.63, 3.8) is 0 Å². The first kappa shape index (κ1) is 14.1. The molecule has 2 rings (SSSR count). The summed E-state index contributed by atoms with van der Waals surface area (Å²) >= 11 is 1.27. The molecule has 2 aromatic rings. The molecule has 0 spiro atoms. The molecule has 0 unspecified atom stereocenters. The van der Waals surface area contributed by atoms with Gasteiger partial charge in [-0.3, -0.25) is 14.9 Å². The molecule has 0 aliphatic heterocycles. The molecule has 7 heteroatoms. The number of aromatic nitrogens is 1. The number of nitro benzene ring substituents is 1. The van der Waals surface area contributed by atoms with Gasteiger partial charge in [0.1, 0.15) is 10.6 Å². The van der Waals surface area contributed by atoms with E-state index >= 15 is 0 Å². The van der Waals surface area contributed by atoms with Crippen molar-refractivity contribution in [2.75, 3.05) is 5.32 Å². The number of thiazole rings is 1. The van der Waals surface area contributed by atoms with Crippen molar-refractivity contribution in [3.8, 4) is 0 Å². The number of carbonyl (C=O) groups is 1. The lowest BCUT2D eigenvalue weighted by Crippen LogP contribution is -2.13. The van der Waals surface area contributed by atoms with E-state index in [1.54, 1.807) is 19.9 Å². The number of anilines is 1. The molecule has 0 fully saturated rings. The topological polar surface area (TPSA) is 85.1 Å². The second-order valence-corrected chi connectivity index (χ2v) is 5.58. The lowest BCUT2D eigenvalue weighted by molar-refractivity contribution is -0.384. The third-order valence-corrected chi connectivity index (χ3v) is 3.78. The Hall–Kier alpha value is -2.28. The SMILES string of the molecule is Cc1ccc(NC(=O)c2sc(C)nc2C)c([N+](=O)[O-])c1. The minimum Gasteiger partial charge on any atom is -0.315 e. The lowest BCUT2D eigenvalue weighted by Gasteiger charge is -2.05. The molecule has 104 valence electrons. The van der Waals surface area contributed by atoms with Gasteiger partial charge in [0.15, 0.2) is 0 Å². The van der Waals surface area contributed by atoms with Crippen molar-refractivity contribution in [2.45, 2.75) is 20.8 Å². The number of nitro groups is 1. The van der Waals surface area contributed by atoms with Gasteiger partial charge in [0.05, 0.1) is 15.6 Å². The quantitative estimate of drug-likeness (QED) is 0.695. The molecular weight excluding hydrogens is 278 g/mol. The summed E-state index contributed by atoms with van der Waals surface area (Å²) in [4.78, 5) is 27.3. The summed E-state index contributed by atoms with van der Waals surface area (Å²) in [6.45, 7) is 5.31. The predicted molar refractivity (Wildman–Crippen MR) is 77.4 cm³/mol. The van der Waals surface area contributed by atoms with E-state index in [0.717, 1.165) is 10.6 Å². The molecule has 1 N–H and O–H groups in total. The van der Waals surface area contributed by atoms with Gasteiger partial charge in [-0.2, -0.15) is 0 Å². The van der Waals surface area contributed by atoms with E-state index < -0.39 is 4.92 Å². The second-order valence-electron chi connectivity index (χ2n) is 4.38. The molecule has 6 nitrogen and oxygen atoms in total. The van der Waals surface area contributed by atoms with E-state index in [1.807, 2.05) is 6.92 Å². The summed E-state index contributed by atoms with van der Waals surface area (Å²) in [6, 6.07) is 4.68. The minimum atomic E-state index is -0.507. The number of benzene rings is 1. The Morgan fingerprint density at radius 3 is 2.60 bits per heavy atom. The molecular formula is C13H13N3O3S. The number of nitrogens with zero attached hydrogens (tertiary/aromatic N) is 2. The average molecular weight is 291 g/mol. The van der Waals surface area contributed by atoms with Gasteiger partial charge >= 0.3 is 0 Å². The van der Waals surface area contributed by atoms with Crippen LogP contribution in [0.4, 0.5) is 11.4 Å². The predicted octanol–water partition coefficient (Wildman–Crippen LogP) is 3.23. The number of amides is 1. The maximum absolute atomic E-state index is 12.1. The van der Waals surface area contributed by atoms with Gasteiger partial charge in [0, 0.05) is 6.07 Å². The molecule has 20 heavy (non-hydrogen) atoms. The molecule has 0 atom stereocenters. The fourth-order valence-electron chi connectivity index (χ4n) is 1.82. The summed E-state index contributed by atoms with van der Waals surface area (Å²) in [5.41, 5.74) is 1.47. The lowest BCUT2D eigenvalue weighted by atomic mass is 10.2. The maximum atomic E-state index is 12.1. The standard InChI is InChI=1S/C13H13N3O3S/c1-7-4-5-10(11(6-7)16(18)19)15-13(17)12-8(2)14-9(3)20-12/h4-6H,1-3H3,(H,15,17). The van der Waals surface area contributed by atoms with Crippen LogP contribution in [0.25, 0.3) is 0 Å². The van der Waals surface area contributed by atoms with E-state index in [9.17, 15) is 14.9 Å². The Bertz CT molecular complexity index is 694. The van der Waals surface area contributed by atoms with Crippen molar-refractivity contribution in [1.29, 1.82) is 0 Å². The van der Waals surface area contributed by atoms with Crippen molar-refractivity contribution < 1.29 is 9.72 Å². The third-order valence-electron chi connectivity index (χ3n) is 2.71. The summed E-state index contributed by atoms with van der Waals surface area (Å²) in [6.07, 6.45) is 0. The zero-order valence-electron chi connectivity index (χ0n) is 11.3. The van der Waals surface area contributed by atoms with E-state index in [2.05, 4.69) is 10.3 Å². The maximum Gasteiger partial charge on any atom is 0.293 e. The van der Waals surface area contributed by atoms with Crippen molar-refractivity contribution >= 4 is 28.6 Å². The minimum absolute atomic E-state index is 0.114. The van der Waals surface area contributed by atoms with Crippen LogP contribution in [0.5, 0.6) is 0 Å². The van der Waals surface area contributed by atoms with Crippen molar-refractivity contribution in [1.82, 2.24) is 4.98 Å². The zero-order valence-corrected chi connectivity index (χ0v) is 12.1. The van der Waals surface area contributed by atoms with Crippen LogP contribution in [0, 0.1) is 30.9 Å². The van der Waals surface area contributed by atoms with E-state index in [4.69, 9.17) is 0 Å². The van der Waals surface area contributed by atoms with Gasteiger partial charge in [-0.25, -0.2) is 4.98 Å². The highest BCUT2D eigenvalue weighted by Crippen LogP contribution is 2.27. The van der Waals surface area contributed by atoms with Crippen LogP contribution in [-0.4, -0.2) is 15.8 Å². The Morgan fingerprint density at radius 2 is 2.05 bits per heavy atom. The van der Waals surface area contributed by atoms with Gasteiger partial charge in [0.25, 0.3) is 11.6 Å². The first-order valence-electron chi connectivity index (χ1n) is 5.89. The number of carbonyl (C=O) groups excluding carboxylic acids is 1. The third kappa shape index (κ3) is 2.83. The van der Waals surface area contributed by atoms with Gasteiger partial charge in [-0.1, -0.05) is 6.07 Å². The fraction of sp³-hybridized carbons (Fsp3) is 0.231. The molecule has 0 saturated heterocycles. The normalized spacial score (nSPS) is 10.3. The van der Waals surface area contributed by atoms with Crippen LogP contribution in [-0.2, 0) is 0 Å². The summed E-state index contributed by atoms with van der Waals surface area (Å²) in [5.74, 6) is -0.375. The van der Waals surface area contributed by atoms with Crippen molar-refractivity contribution in [2.24, 2.45) is 0 Å². The summed E-state index contributed by atoms with van der Waals surface area (Å²) in [7, 11) is 0. The number of hydrogen-bond acceptors (Lipinski definition) is 5. The highest BCUT2D eigenvalue weighted by atomic mass is 32.1. The monoisotopic (exact) mass is 291 g/mol. The number of hydrogen-bond donors (Lipinski definition) is 1. The van der Waals surface area contributed by atoms with Gasteiger partial charge < -0.3 is 5.32 Å². The molecule has 0 bridgehead atoms. The average Bonchev–Trinajstić information content (AvgIpc) is 2.70. The zero-order chi connectivity index (χ0) is 14.9. The highest BCUT2D eigenvalue weighted by molar-refractivity contribution is 7.13. The van der Waals surface area contributed by atoms with Crippen LogP contribution in [0.1, 0.15) is 25.9 Å². The fourth-order valence-corrected chi connectivity index (χ4v) is 2.63. The van der Waals surface area contributed by atoms with Crippen LogP contribution in [0.2, 0.25) is 0 Å². The Kier molecular flexibility index (Phi) is 3.80. The van der Waals surface area contributed by atoms with E-state index in [0.29, 0.717) is 10.6 Å². The van der Waals surface area contributed by atoms with Crippen molar-refractivity contribution in [3.05, 3.63) is 49.5 Å². The number of rotatable bonds is 3. The van der Waals surface area contributed by atoms with Crippen LogP contribution in [0.15, 0.2) is 18.2 Å². The van der Waals surface area contributed by atoms with E-state index in [-0.39, 0.29) is 17.3 Å². The molecule has 0 aliphatic carbocycles. The largest absolute Gasteiger partial charge is 0.315 e. The molecule has 0 aliphatic rings. The summed E-state index contributed by atoms with van der Waals surface area (Å²) < 4.78 is 0. The van der Waals surface area contributed by atoms with Gasteiger partial charge in [-0.05, 0) is 32.4 Å². The molecule has 1 amide bonds. The van der Waals surface area contributed by atoms with Crippen LogP contribution >= 0.6 is 11.3 Å². The Balaban J connectivity index is 2.33. The molecule has 0 saturated carbocycles. The first-order valence-corrected chi connectivity index (χ1v) is 6.70. The smallest absolute Gasteiger partial charge is 0.293 e. The summed E-state index contributed by atoms with van der Waals surface area (Å²) in [5, 5.41) is 14.4. The van der Waals surface area contributed by atoms with Crippen LogP contribution < -0.4 is 5.32 Å². The van der Waals surface area contributed by atoms with Gasteiger partial charge in [-0.15, -0.1) is 11.3 Å². The van der Waals surface area contributed by atoms with Crippen LogP contribution in [0.3, 0.4) is 0 Å². The molecule has 1 heterocycles. The number of aryl methyl sites for hydroxylation is 3. The molecule has 0 radical (unpaired) electrons. The molecule has 1 aromatic carbocycles. The number of nitrogens with one attached hydrogen (secondary N) is 1.